The lowest BCUT2D eigenvalue weighted by atomic mass is 10.1. The van der Waals surface area contributed by atoms with Crippen LogP contribution in [0.5, 0.6) is 11.5 Å². The Morgan fingerprint density at radius 2 is 1.80 bits per heavy atom. The largest absolute Gasteiger partial charge is 0.508 e. The Bertz CT molecular complexity index is 814. The van der Waals surface area contributed by atoms with Gasteiger partial charge in [-0.3, -0.25) is 4.79 Å². The van der Waals surface area contributed by atoms with Gasteiger partial charge in [-0.05, 0) is 35.8 Å². The van der Waals surface area contributed by atoms with Crippen molar-refractivity contribution in [2.75, 3.05) is 6.54 Å². The van der Waals surface area contributed by atoms with Crippen molar-refractivity contribution in [1.82, 2.24) is 5.32 Å². The summed E-state index contributed by atoms with van der Waals surface area (Å²) >= 11 is 0. The fraction of sp³-hybridized carbons (Fsp3) is 0.100. The number of nitriles is 1. The maximum absolute atomic E-state index is 12.0. The third kappa shape index (κ3) is 5.88. The van der Waals surface area contributed by atoms with Crippen LogP contribution in [0.25, 0.3) is 6.08 Å². The molecule has 126 valence electrons. The Balaban J connectivity index is 1.93. The van der Waals surface area contributed by atoms with E-state index in [2.05, 4.69) is 5.32 Å². The normalized spacial score (nSPS) is 11.2. The second-order valence-corrected chi connectivity index (χ2v) is 5.33. The average molecular weight is 334 g/mol. The number of allylic oxidation sites excluding steroid dienone is 2. The van der Waals surface area contributed by atoms with Crippen molar-refractivity contribution >= 4 is 12.0 Å². The quantitative estimate of drug-likeness (QED) is 0.430. The van der Waals surface area contributed by atoms with Crippen molar-refractivity contribution in [2.45, 2.75) is 6.42 Å². The van der Waals surface area contributed by atoms with E-state index in [9.17, 15) is 15.0 Å². The summed E-state index contributed by atoms with van der Waals surface area (Å²) in [5.74, 6) is -0.576. The van der Waals surface area contributed by atoms with E-state index in [1.165, 1.54) is 30.4 Å². The van der Waals surface area contributed by atoms with Crippen molar-refractivity contribution in [3.05, 3.63) is 77.4 Å². The summed E-state index contributed by atoms with van der Waals surface area (Å²) in [6.45, 7) is 0.437. The summed E-state index contributed by atoms with van der Waals surface area (Å²) in [5.41, 5.74) is 1.64. The average Bonchev–Trinajstić information content (AvgIpc) is 2.59. The number of hydrogen-bond acceptors (Lipinski definition) is 4. The van der Waals surface area contributed by atoms with Crippen molar-refractivity contribution in [2.24, 2.45) is 0 Å². The number of carbonyl (C=O) groups excluding carboxylic acids is 1. The fourth-order valence-electron chi connectivity index (χ4n) is 2.19. The number of phenols is 2. The van der Waals surface area contributed by atoms with Gasteiger partial charge in [0.05, 0.1) is 0 Å². The van der Waals surface area contributed by atoms with Crippen molar-refractivity contribution in [3.63, 3.8) is 0 Å². The molecule has 5 heteroatoms. The van der Waals surface area contributed by atoms with E-state index < -0.39 is 5.91 Å². The smallest absolute Gasteiger partial charge is 0.261 e. The van der Waals surface area contributed by atoms with Gasteiger partial charge >= 0.3 is 0 Å². The van der Waals surface area contributed by atoms with Crippen LogP contribution in [-0.2, 0) is 11.2 Å². The molecule has 0 bridgehead atoms. The minimum atomic E-state index is -0.443. The molecule has 0 unspecified atom stereocenters. The van der Waals surface area contributed by atoms with Gasteiger partial charge < -0.3 is 15.5 Å². The highest BCUT2D eigenvalue weighted by Gasteiger charge is 2.06. The van der Waals surface area contributed by atoms with Gasteiger partial charge in [0.1, 0.15) is 23.1 Å². The Morgan fingerprint density at radius 3 is 2.44 bits per heavy atom. The zero-order valence-corrected chi connectivity index (χ0v) is 13.5. The standard InChI is InChI=1S/C20H18N2O3/c21-14-17(8-4-7-16-11-18(23)13-19(24)12-16)20(25)22-10-9-15-5-2-1-3-6-15/h1-8,11-13,23-24H,9-10H2,(H,22,25)/b7-4+,17-8+. The molecule has 0 radical (unpaired) electrons. The molecule has 2 rings (SSSR count). The molecule has 0 heterocycles. The molecule has 0 aliphatic heterocycles. The summed E-state index contributed by atoms with van der Waals surface area (Å²) in [6.07, 6.45) is 5.17. The number of rotatable bonds is 6. The third-order valence-electron chi connectivity index (χ3n) is 3.38. The number of amides is 1. The number of phenolic OH excluding ortho intramolecular Hbond substituents is 2. The molecule has 25 heavy (non-hydrogen) atoms. The Kier molecular flexibility index (Phi) is 6.38. The predicted octanol–water partition coefficient (Wildman–Crippen LogP) is 2.92. The lowest BCUT2D eigenvalue weighted by Gasteiger charge is -2.04. The second kappa shape index (κ2) is 8.94. The van der Waals surface area contributed by atoms with E-state index >= 15 is 0 Å². The summed E-state index contributed by atoms with van der Waals surface area (Å²) in [6, 6.07) is 15.7. The van der Waals surface area contributed by atoms with Gasteiger partial charge in [0.2, 0.25) is 0 Å². The van der Waals surface area contributed by atoms with Crippen LogP contribution < -0.4 is 5.32 Å². The van der Waals surface area contributed by atoms with E-state index in [0.29, 0.717) is 18.5 Å². The topological polar surface area (TPSA) is 93.3 Å². The van der Waals surface area contributed by atoms with E-state index in [-0.39, 0.29) is 17.1 Å². The zero-order chi connectivity index (χ0) is 18.1. The van der Waals surface area contributed by atoms with Crippen LogP contribution in [0.15, 0.2) is 66.3 Å². The van der Waals surface area contributed by atoms with Crippen LogP contribution >= 0.6 is 0 Å². The van der Waals surface area contributed by atoms with Gasteiger partial charge in [0.15, 0.2) is 0 Å². The Morgan fingerprint density at radius 1 is 1.12 bits per heavy atom. The van der Waals surface area contributed by atoms with Crippen LogP contribution in [-0.4, -0.2) is 22.7 Å². The number of benzene rings is 2. The molecule has 2 aromatic rings. The first kappa shape index (κ1) is 17.8. The number of nitrogens with one attached hydrogen (secondary N) is 1. The molecule has 0 saturated heterocycles. The van der Waals surface area contributed by atoms with Gasteiger partial charge in [-0.2, -0.15) is 5.26 Å². The first-order chi connectivity index (χ1) is 12.1. The molecule has 0 fully saturated rings. The minimum Gasteiger partial charge on any atom is -0.508 e. The first-order valence-electron chi connectivity index (χ1n) is 7.72. The van der Waals surface area contributed by atoms with Crippen LogP contribution in [0.2, 0.25) is 0 Å². The van der Waals surface area contributed by atoms with E-state index in [1.54, 1.807) is 6.08 Å². The minimum absolute atomic E-state index is 0.0197. The fourth-order valence-corrected chi connectivity index (χ4v) is 2.19. The van der Waals surface area contributed by atoms with E-state index in [4.69, 9.17) is 5.26 Å². The molecule has 0 aromatic heterocycles. The molecule has 0 aliphatic carbocycles. The van der Waals surface area contributed by atoms with Crippen molar-refractivity contribution in [1.29, 1.82) is 5.26 Å². The number of aromatic hydroxyl groups is 2. The Hall–Kier alpha value is -3.52. The molecular formula is C20H18N2O3. The molecule has 5 nitrogen and oxygen atoms in total. The first-order valence-corrected chi connectivity index (χ1v) is 7.72. The van der Waals surface area contributed by atoms with Crippen LogP contribution in [0.1, 0.15) is 11.1 Å². The highest BCUT2D eigenvalue weighted by molar-refractivity contribution is 5.97. The van der Waals surface area contributed by atoms with Gasteiger partial charge in [0.25, 0.3) is 5.91 Å². The van der Waals surface area contributed by atoms with Crippen molar-refractivity contribution in [3.8, 4) is 17.6 Å². The summed E-state index contributed by atoms with van der Waals surface area (Å²) < 4.78 is 0. The van der Waals surface area contributed by atoms with E-state index in [1.807, 2.05) is 36.4 Å². The molecule has 3 N–H and O–H groups in total. The second-order valence-electron chi connectivity index (χ2n) is 5.33. The summed E-state index contributed by atoms with van der Waals surface area (Å²) in [7, 11) is 0. The van der Waals surface area contributed by atoms with Crippen LogP contribution in [0.4, 0.5) is 0 Å². The zero-order valence-electron chi connectivity index (χ0n) is 13.5. The lowest BCUT2D eigenvalue weighted by Crippen LogP contribution is -2.26. The molecule has 0 atom stereocenters. The summed E-state index contributed by atoms with van der Waals surface area (Å²) in [5, 5.41) is 30.6. The molecule has 0 saturated carbocycles. The monoisotopic (exact) mass is 334 g/mol. The maximum Gasteiger partial charge on any atom is 0.261 e. The molecule has 0 spiro atoms. The molecule has 1 amide bonds. The lowest BCUT2D eigenvalue weighted by molar-refractivity contribution is -0.117. The number of carbonyl (C=O) groups is 1. The summed E-state index contributed by atoms with van der Waals surface area (Å²) in [4.78, 5) is 12.0. The van der Waals surface area contributed by atoms with Crippen molar-refractivity contribution < 1.29 is 15.0 Å². The van der Waals surface area contributed by atoms with Gasteiger partial charge in [0, 0.05) is 12.6 Å². The van der Waals surface area contributed by atoms with Gasteiger partial charge in [-0.1, -0.05) is 42.5 Å². The van der Waals surface area contributed by atoms with E-state index in [0.717, 1.165) is 5.56 Å². The SMILES string of the molecule is N#C/C(=C\C=C\c1cc(O)cc(O)c1)C(=O)NCCc1ccccc1. The molecule has 0 aliphatic rings. The van der Waals surface area contributed by atoms with Gasteiger partial charge in [-0.15, -0.1) is 0 Å². The third-order valence-corrected chi connectivity index (χ3v) is 3.38. The van der Waals surface area contributed by atoms with Crippen LogP contribution in [0.3, 0.4) is 0 Å². The Labute approximate surface area is 146 Å². The predicted molar refractivity (Wildman–Crippen MR) is 95.7 cm³/mol. The molecular weight excluding hydrogens is 316 g/mol. The number of hydrogen-bond donors (Lipinski definition) is 3. The highest BCUT2D eigenvalue weighted by atomic mass is 16.3. The highest BCUT2D eigenvalue weighted by Crippen LogP contribution is 2.21. The van der Waals surface area contributed by atoms with Crippen LogP contribution in [0, 0.1) is 11.3 Å². The number of nitrogens with zero attached hydrogens (tertiary/aromatic N) is 1. The van der Waals surface area contributed by atoms with Gasteiger partial charge in [-0.25, -0.2) is 0 Å². The molecule has 2 aromatic carbocycles. The maximum atomic E-state index is 12.0.